The van der Waals surface area contributed by atoms with Gasteiger partial charge in [-0.25, -0.2) is 0 Å². The number of aromatic nitrogens is 2. The van der Waals surface area contributed by atoms with E-state index in [0.717, 1.165) is 23.8 Å². The average Bonchev–Trinajstić information content (AvgIpc) is 2.37. The molecule has 0 spiro atoms. The van der Waals surface area contributed by atoms with Crippen LogP contribution in [-0.4, -0.2) is 21.7 Å². The maximum atomic E-state index is 11.3. The van der Waals surface area contributed by atoms with Gasteiger partial charge >= 0.3 is 0 Å². The highest BCUT2D eigenvalue weighted by molar-refractivity contribution is 5.36. The minimum absolute atomic E-state index is 0.0419. The molecule has 1 aromatic heterocycles. The zero-order valence-corrected chi connectivity index (χ0v) is 9.59. The number of nitrogens with zero attached hydrogens (tertiary/aromatic N) is 1. The van der Waals surface area contributed by atoms with Crippen LogP contribution >= 0.6 is 0 Å². The van der Waals surface area contributed by atoms with Gasteiger partial charge in [0.2, 0.25) is 5.88 Å². The molecule has 2 N–H and O–H groups in total. The Labute approximate surface area is 103 Å². The number of nitrogens with one attached hydrogen (secondary N) is 1. The van der Waals surface area contributed by atoms with Gasteiger partial charge in [0, 0.05) is 0 Å². The van der Waals surface area contributed by atoms with Gasteiger partial charge in [-0.15, -0.1) is 0 Å². The average molecular weight is 244 g/mol. The van der Waals surface area contributed by atoms with Crippen molar-refractivity contribution in [1.82, 2.24) is 9.97 Å². The van der Waals surface area contributed by atoms with E-state index in [-0.39, 0.29) is 17.4 Å². The lowest BCUT2D eigenvalue weighted by molar-refractivity contribution is 0.256. The molecule has 1 aliphatic heterocycles. The molecule has 0 saturated heterocycles. The molecule has 5 nitrogen and oxygen atoms in total. The van der Waals surface area contributed by atoms with Crippen molar-refractivity contribution in [2.75, 3.05) is 6.61 Å². The lowest BCUT2D eigenvalue weighted by atomic mass is 9.96. The second kappa shape index (κ2) is 4.18. The van der Waals surface area contributed by atoms with Crippen molar-refractivity contribution in [3.8, 4) is 11.6 Å². The number of hydrogen-bond acceptors (Lipinski definition) is 4. The van der Waals surface area contributed by atoms with E-state index in [1.54, 1.807) is 0 Å². The Morgan fingerprint density at radius 2 is 2.22 bits per heavy atom. The first-order chi connectivity index (χ1) is 8.72. The molecular formula is C13H12N2O3. The van der Waals surface area contributed by atoms with Crippen molar-refractivity contribution < 1.29 is 9.84 Å². The molecule has 1 atom stereocenters. The summed E-state index contributed by atoms with van der Waals surface area (Å²) < 4.78 is 5.63. The number of aromatic amines is 1. The molecule has 0 aliphatic carbocycles. The third kappa shape index (κ3) is 1.95. The first-order valence-electron chi connectivity index (χ1n) is 5.73. The number of ether oxygens (including phenoxy) is 1. The number of para-hydroxylation sites is 1. The molecule has 2 heterocycles. The summed E-state index contributed by atoms with van der Waals surface area (Å²) in [5.41, 5.74) is 0.733. The number of H-pyrrole nitrogens is 1. The van der Waals surface area contributed by atoms with E-state index in [0.29, 0.717) is 12.4 Å². The van der Waals surface area contributed by atoms with Gasteiger partial charge < -0.3 is 14.8 Å². The van der Waals surface area contributed by atoms with Crippen LogP contribution in [0, 0.1) is 0 Å². The smallest absolute Gasteiger partial charge is 0.254 e. The van der Waals surface area contributed by atoms with Crippen LogP contribution in [0.5, 0.6) is 11.6 Å². The van der Waals surface area contributed by atoms with Gasteiger partial charge in [0.05, 0.1) is 18.6 Å². The predicted molar refractivity (Wildman–Crippen MR) is 64.9 cm³/mol. The number of fused-ring (bicyclic) bond motifs is 1. The number of rotatable bonds is 1. The molecule has 2 aromatic rings. The maximum absolute atomic E-state index is 11.3. The summed E-state index contributed by atoms with van der Waals surface area (Å²) in [4.78, 5) is 17.9. The Morgan fingerprint density at radius 1 is 1.39 bits per heavy atom. The molecule has 1 aromatic carbocycles. The lowest BCUT2D eigenvalue weighted by Gasteiger charge is -2.24. The zero-order chi connectivity index (χ0) is 12.5. The fourth-order valence-corrected chi connectivity index (χ4v) is 2.16. The van der Waals surface area contributed by atoms with Crippen LogP contribution in [0.15, 0.2) is 35.1 Å². The topological polar surface area (TPSA) is 75.2 Å². The van der Waals surface area contributed by atoms with E-state index in [1.165, 1.54) is 0 Å². The highest BCUT2D eigenvalue weighted by atomic mass is 16.5. The third-order valence-corrected chi connectivity index (χ3v) is 3.01. The Hall–Kier alpha value is -2.30. The van der Waals surface area contributed by atoms with Gasteiger partial charge in [0.15, 0.2) is 0 Å². The van der Waals surface area contributed by atoms with E-state index in [2.05, 4.69) is 9.97 Å². The fraction of sp³-hybridized carbons (Fsp3) is 0.231. The Morgan fingerprint density at radius 3 is 3.06 bits per heavy atom. The van der Waals surface area contributed by atoms with Gasteiger partial charge in [-0.3, -0.25) is 4.79 Å². The molecule has 3 rings (SSSR count). The minimum atomic E-state index is -0.351. The second-order valence-electron chi connectivity index (χ2n) is 4.31. The van der Waals surface area contributed by atoms with Gasteiger partial charge in [-0.2, -0.15) is 4.98 Å². The van der Waals surface area contributed by atoms with Crippen molar-refractivity contribution in [1.29, 1.82) is 0 Å². The molecule has 0 radical (unpaired) electrons. The molecule has 0 amide bonds. The van der Waals surface area contributed by atoms with E-state index >= 15 is 0 Å². The largest absolute Gasteiger partial charge is 0.493 e. The van der Waals surface area contributed by atoms with Crippen molar-refractivity contribution in [3.63, 3.8) is 0 Å². The summed E-state index contributed by atoms with van der Waals surface area (Å²) in [5.74, 6) is 1.04. The molecule has 18 heavy (non-hydrogen) atoms. The van der Waals surface area contributed by atoms with Gasteiger partial charge in [-0.05, 0) is 18.1 Å². The summed E-state index contributed by atoms with van der Waals surface area (Å²) >= 11 is 0. The third-order valence-electron chi connectivity index (χ3n) is 3.01. The van der Waals surface area contributed by atoms with E-state index in [9.17, 15) is 9.90 Å². The molecule has 0 fully saturated rings. The normalized spacial score (nSPS) is 17.9. The molecule has 0 saturated carbocycles. The Balaban J connectivity index is 1.94. The highest BCUT2D eigenvalue weighted by Gasteiger charge is 2.23. The van der Waals surface area contributed by atoms with E-state index < -0.39 is 0 Å². The predicted octanol–water partition coefficient (Wildman–Crippen LogP) is 1.19. The second-order valence-corrected chi connectivity index (χ2v) is 4.31. The summed E-state index contributed by atoms with van der Waals surface area (Å²) in [7, 11) is 0. The summed E-state index contributed by atoms with van der Waals surface area (Å²) in [6.45, 7) is 0.448. The van der Waals surface area contributed by atoms with Crippen LogP contribution < -0.4 is 10.3 Å². The van der Waals surface area contributed by atoms with Crippen LogP contribution in [0.4, 0.5) is 0 Å². The van der Waals surface area contributed by atoms with Crippen LogP contribution in [0.2, 0.25) is 0 Å². The van der Waals surface area contributed by atoms with Crippen LogP contribution in [0.25, 0.3) is 0 Å². The molecule has 92 valence electrons. The minimum Gasteiger partial charge on any atom is -0.493 e. The van der Waals surface area contributed by atoms with Crippen molar-refractivity contribution in [2.45, 2.75) is 12.3 Å². The van der Waals surface area contributed by atoms with Crippen molar-refractivity contribution in [3.05, 3.63) is 52.1 Å². The number of benzene rings is 1. The van der Waals surface area contributed by atoms with Crippen molar-refractivity contribution in [2.24, 2.45) is 0 Å². The summed E-state index contributed by atoms with van der Waals surface area (Å²) in [5, 5.41) is 9.35. The molecule has 1 aliphatic rings. The van der Waals surface area contributed by atoms with Crippen LogP contribution in [0.3, 0.4) is 0 Å². The summed E-state index contributed by atoms with van der Waals surface area (Å²) in [6, 6.07) is 8.84. The SMILES string of the molecule is O=c1cc(O)nc(C2COc3ccccc3C2)[nH]1. The Bertz CT molecular complexity index is 636. The monoisotopic (exact) mass is 244 g/mol. The molecular weight excluding hydrogens is 232 g/mol. The summed E-state index contributed by atoms with van der Waals surface area (Å²) in [6.07, 6.45) is 0.739. The van der Waals surface area contributed by atoms with Crippen LogP contribution in [-0.2, 0) is 6.42 Å². The van der Waals surface area contributed by atoms with Gasteiger partial charge in [-0.1, -0.05) is 18.2 Å². The molecule has 5 heteroatoms. The number of aromatic hydroxyl groups is 1. The zero-order valence-electron chi connectivity index (χ0n) is 9.59. The van der Waals surface area contributed by atoms with E-state index in [1.807, 2.05) is 24.3 Å². The maximum Gasteiger partial charge on any atom is 0.254 e. The molecule has 0 bridgehead atoms. The van der Waals surface area contributed by atoms with Crippen LogP contribution in [0.1, 0.15) is 17.3 Å². The first-order valence-corrected chi connectivity index (χ1v) is 5.73. The standard InChI is InChI=1S/C13H12N2O3/c16-11-6-12(17)15-13(14-11)9-5-8-3-1-2-4-10(8)18-7-9/h1-4,6,9H,5,7H2,(H2,14,15,16,17). The highest BCUT2D eigenvalue weighted by Crippen LogP contribution is 2.30. The van der Waals surface area contributed by atoms with Gasteiger partial charge in [0.1, 0.15) is 11.6 Å². The first kappa shape index (κ1) is 10.8. The van der Waals surface area contributed by atoms with Crippen molar-refractivity contribution >= 4 is 0 Å². The Kier molecular flexibility index (Phi) is 2.51. The fourth-order valence-electron chi connectivity index (χ4n) is 2.16. The lowest BCUT2D eigenvalue weighted by Crippen LogP contribution is -2.23. The quantitative estimate of drug-likeness (QED) is 0.790. The number of hydrogen-bond donors (Lipinski definition) is 2. The molecule has 1 unspecified atom stereocenters. The van der Waals surface area contributed by atoms with E-state index in [4.69, 9.17) is 4.74 Å². The van der Waals surface area contributed by atoms with Gasteiger partial charge in [0.25, 0.3) is 5.56 Å².